The van der Waals surface area contributed by atoms with Crippen molar-refractivity contribution in [2.45, 2.75) is 44.6 Å². The van der Waals surface area contributed by atoms with Crippen molar-refractivity contribution in [3.05, 3.63) is 0 Å². The summed E-state index contributed by atoms with van der Waals surface area (Å²) >= 11 is 0. The van der Waals surface area contributed by atoms with Crippen LogP contribution in [0.3, 0.4) is 0 Å². The predicted molar refractivity (Wildman–Crippen MR) is 72.8 cm³/mol. The Morgan fingerprint density at radius 2 is 1.89 bits per heavy atom. The summed E-state index contributed by atoms with van der Waals surface area (Å²) in [6.07, 6.45) is 4.78. The molecule has 0 aromatic carbocycles. The molecule has 110 valence electrons. The molecule has 0 aliphatic carbocycles. The molecule has 2 saturated heterocycles. The molecule has 0 amide bonds. The van der Waals surface area contributed by atoms with E-state index < -0.39 is 15.8 Å². The summed E-state index contributed by atoms with van der Waals surface area (Å²) < 4.78 is 23.3. The van der Waals surface area contributed by atoms with Crippen LogP contribution in [-0.4, -0.2) is 55.0 Å². The Bertz CT molecular complexity index is 412. The van der Waals surface area contributed by atoms with Crippen LogP contribution in [0.5, 0.6) is 0 Å². The monoisotopic (exact) mass is 289 g/mol. The van der Waals surface area contributed by atoms with Gasteiger partial charge in [0.2, 0.25) is 0 Å². The third kappa shape index (κ3) is 4.45. The normalized spacial score (nSPS) is 29.2. The molecule has 6 heteroatoms. The minimum Gasteiger partial charge on any atom is -0.481 e. The van der Waals surface area contributed by atoms with Gasteiger partial charge in [0.25, 0.3) is 0 Å². The average Bonchev–Trinajstić information content (AvgIpc) is 2.36. The lowest BCUT2D eigenvalue weighted by Gasteiger charge is -2.39. The van der Waals surface area contributed by atoms with Crippen molar-refractivity contribution < 1.29 is 18.3 Å². The second-order valence-corrected chi connectivity index (χ2v) is 8.05. The summed E-state index contributed by atoms with van der Waals surface area (Å²) in [6.45, 7) is 1.84. The van der Waals surface area contributed by atoms with Crippen molar-refractivity contribution >= 4 is 15.8 Å². The first-order chi connectivity index (χ1) is 8.96. The van der Waals surface area contributed by atoms with Crippen molar-refractivity contribution in [1.82, 2.24) is 4.90 Å². The Balaban J connectivity index is 1.78. The largest absolute Gasteiger partial charge is 0.481 e. The van der Waals surface area contributed by atoms with Crippen LogP contribution >= 0.6 is 0 Å². The Morgan fingerprint density at radius 1 is 1.21 bits per heavy atom. The number of hydrogen-bond acceptors (Lipinski definition) is 4. The number of carboxylic acids is 1. The maximum atomic E-state index is 11.7. The van der Waals surface area contributed by atoms with Crippen LogP contribution in [0.2, 0.25) is 0 Å². The number of carboxylic acid groups (broad SMARTS) is 1. The highest BCUT2D eigenvalue weighted by molar-refractivity contribution is 7.91. The molecule has 2 rings (SSSR count). The highest BCUT2D eigenvalue weighted by Crippen LogP contribution is 2.26. The van der Waals surface area contributed by atoms with Gasteiger partial charge >= 0.3 is 5.97 Å². The molecule has 0 saturated carbocycles. The minimum absolute atomic E-state index is 0.194. The average molecular weight is 289 g/mol. The molecule has 2 aliphatic rings. The van der Waals surface area contributed by atoms with Gasteiger partial charge in [-0.25, -0.2) is 8.42 Å². The molecule has 2 fully saturated rings. The van der Waals surface area contributed by atoms with Crippen molar-refractivity contribution in [3.8, 4) is 0 Å². The van der Waals surface area contributed by atoms with E-state index >= 15 is 0 Å². The third-order valence-electron chi connectivity index (χ3n) is 4.37. The zero-order chi connectivity index (χ0) is 13.9. The minimum atomic E-state index is -2.84. The molecule has 1 atom stereocenters. The Kier molecular flexibility index (Phi) is 4.84. The fraction of sp³-hybridized carbons (Fsp3) is 0.923. The molecule has 0 aromatic rings. The smallest absolute Gasteiger partial charge is 0.303 e. The Morgan fingerprint density at radius 3 is 2.47 bits per heavy atom. The molecular weight excluding hydrogens is 266 g/mol. The van der Waals surface area contributed by atoms with Gasteiger partial charge in [-0.15, -0.1) is 0 Å². The number of rotatable bonds is 4. The van der Waals surface area contributed by atoms with Gasteiger partial charge in [0.05, 0.1) is 11.5 Å². The molecule has 1 unspecified atom stereocenters. The highest BCUT2D eigenvalue weighted by Gasteiger charge is 2.31. The standard InChI is InChI=1S/C13H23NO4S/c15-13(16)4-3-11-5-7-14(8-6-11)12-2-1-9-19(17,18)10-12/h11-12H,1-10H2,(H,15,16). The van der Waals surface area contributed by atoms with Crippen LogP contribution in [0.1, 0.15) is 38.5 Å². The summed E-state index contributed by atoms with van der Waals surface area (Å²) in [5.41, 5.74) is 0. The fourth-order valence-corrected chi connectivity index (χ4v) is 4.96. The maximum Gasteiger partial charge on any atom is 0.303 e. The van der Waals surface area contributed by atoms with Gasteiger partial charge in [-0.2, -0.15) is 0 Å². The van der Waals surface area contributed by atoms with Gasteiger partial charge in [0.15, 0.2) is 9.84 Å². The third-order valence-corrected chi connectivity index (χ3v) is 6.17. The van der Waals surface area contributed by atoms with Gasteiger partial charge in [0.1, 0.15) is 0 Å². The molecule has 5 nitrogen and oxygen atoms in total. The quantitative estimate of drug-likeness (QED) is 0.840. The number of hydrogen-bond donors (Lipinski definition) is 1. The van der Waals surface area contributed by atoms with E-state index in [1.54, 1.807) is 0 Å². The zero-order valence-electron chi connectivity index (χ0n) is 11.3. The van der Waals surface area contributed by atoms with Crippen molar-refractivity contribution in [3.63, 3.8) is 0 Å². The molecule has 2 heterocycles. The van der Waals surface area contributed by atoms with E-state index in [2.05, 4.69) is 4.90 Å². The summed E-state index contributed by atoms with van der Waals surface area (Å²) in [5.74, 6) is 0.430. The molecule has 0 spiro atoms. The first kappa shape index (κ1) is 14.8. The van der Waals surface area contributed by atoms with Gasteiger partial charge in [0, 0.05) is 12.5 Å². The molecular formula is C13H23NO4S. The van der Waals surface area contributed by atoms with E-state index in [1.165, 1.54) is 0 Å². The van der Waals surface area contributed by atoms with Crippen LogP contribution in [-0.2, 0) is 14.6 Å². The Labute approximate surface area is 114 Å². The lowest BCUT2D eigenvalue weighted by Crippen LogP contribution is -2.47. The van der Waals surface area contributed by atoms with Crippen LogP contribution in [0.15, 0.2) is 0 Å². The van der Waals surface area contributed by atoms with E-state index in [4.69, 9.17) is 5.11 Å². The summed E-state index contributed by atoms with van der Waals surface area (Å²) in [4.78, 5) is 12.8. The summed E-state index contributed by atoms with van der Waals surface area (Å²) in [6, 6.07) is 0.194. The van der Waals surface area contributed by atoms with E-state index in [0.29, 0.717) is 17.4 Å². The molecule has 0 radical (unpaired) electrons. The summed E-state index contributed by atoms with van der Waals surface area (Å²) in [7, 11) is -2.84. The first-order valence-corrected chi connectivity index (χ1v) is 8.95. The van der Waals surface area contributed by atoms with Gasteiger partial charge in [-0.1, -0.05) is 0 Å². The van der Waals surface area contributed by atoms with Crippen LogP contribution < -0.4 is 0 Å². The zero-order valence-corrected chi connectivity index (χ0v) is 12.1. The fourth-order valence-electron chi connectivity index (χ4n) is 3.22. The molecule has 0 aromatic heterocycles. The Hall–Kier alpha value is -0.620. The predicted octanol–water partition coefficient (Wildman–Crippen LogP) is 1.14. The van der Waals surface area contributed by atoms with Gasteiger partial charge in [-0.3, -0.25) is 9.69 Å². The maximum absolute atomic E-state index is 11.7. The van der Waals surface area contributed by atoms with Crippen molar-refractivity contribution in [1.29, 1.82) is 0 Å². The van der Waals surface area contributed by atoms with E-state index in [9.17, 15) is 13.2 Å². The van der Waals surface area contributed by atoms with Crippen molar-refractivity contribution in [2.75, 3.05) is 24.6 Å². The number of sulfone groups is 1. The first-order valence-electron chi connectivity index (χ1n) is 7.12. The number of likely N-dealkylation sites (tertiary alicyclic amines) is 1. The van der Waals surface area contributed by atoms with Crippen LogP contribution in [0, 0.1) is 5.92 Å². The molecule has 19 heavy (non-hydrogen) atoms. The number of aliphatic carboxylic acids is 1. The lowest BCUT2D eigenvalue weighted by atomic mass is 9.91. The molecule has 0 bridgehead atoms. The second kappa shape index (κ2) is 6.22. The van der Waals surface area contributed by atoms with Crippen molar-refractivity contribution in [2.24, 2.45) is 5.92 Å². The second-order valence-electron chi connectivity index (χ2n) is 5.82. The molecule has 2 aliphatic heterocycles. The SMILES string of the molecule is O=C(O)CCC1CCN(C2CCCS(=O)(=O)C2)CC1. The number of carbonyl (C=O) groups is 1. The van der Waals surface area contributed by atoms with E-state index in [1.807, 2.05) is 0 Å². The highest BCUT2D eigenvalue weighted by atomic mass is 32.2. The van der Waals surface area contributed by atoms with Gasteiger partial charge < -0.3 is 5.11 Å². The van der Waals surface area contributed by atoms with E-state index in [0.717, 1.165) is 45.2 Å². The van der Waals surface area contributed by atoms with Crippen LogP contribution in [0.4, 0.5) is 0 Å². The molecule has 1 N–H and O–H groups in total. The lowest BCUT2D eigenvalue weighted by molar-refractivity contribution is -0.137. The van der Waals surface area contributed by atoms with Crippen LogP contribution in [0.25, 0.3) is 0 Å². The number of nitrogens with zero attached hydrogens (tertiary/aromatic N) is 1. The topological polar surface area (TPSA) is 74.7 Å². The van der Waals surface area contributed by atoms with E-state index in [-0.39, 0.29) is 12.5 Å². The summed E-state index contributed by atoms with van der Waals surface area (Å²) in [5, 5.41) is 8.68. The van der Waals surface area contributed by atoms with Gasteiger partial charge in [-0.05, 0) is 51.1 Å². The number of piperidine rings is 1.